The van der Waals surface area contributed by atoms with E-state index in [0.717, 1.165) is 16.0 Å². The zero-order chi connectivity index (χ0) is 11.3. The Morgan fingerprint density at radius 2 is 2.00 bits per heavy atom. The Labute approximate surface area is 94.0 Å². The molecule has 0 saturated carbocycles. The van der Waals surface area contributed by atoms with Crippen molar-refractivity contribution < 1.29 is 9.90 Å². The molecule has 0 aliphatic heterocycles. The molecule has 80 valence electrons. The van der Waals surface area contributed by atoms with Gasteiger partial charge in [0, 0.05) is 4.90 Å². The molecule has 1 rings (SSSR count). The third kappa shape index (κ3) is 3.53. The van der Waals surface area contributed by atoms with Crippen molar-refractivity contribution >= 4 is 16.9 Å². The van der Waals surface area contributed by atoms with Crippen molar-refractivity contribution in [2.75, 3.05) is 6.61 Å². The lowest BCUT2D eigenvalue weighted by Crippen LogP contribution is -1.90. The van der Waals surface area contributed by atoms with Crippen LogP contribution in [0.5, 0.6) is 0 Å². The molecule has 0 unspecified atom stereocenters. The Morgan fingerprint density at radius 1 is 1.40 bits per heavy atom. The first kappa shape index (κ1) is 12.0. The second-order valence-electron chi connectivity index (χ2n) is 3.23. The van der Waals surface area contributed by atoms with Crippen LogP contribution in [0.1, 0.15) is 11.1 Å². The smallest absolute Gasteiger partial charge is 0.216 e. The van der Waals surface area contributed by atoms with Gasteiger partial charge < -0.3 is 5.11 Å². The van der Waals surface area contributed by atoms with E-state index in [1.54, 1.807) is 0 Å². The molecule has 0 radical (unpaired) electrons. The molecule has 1 aromatic rings. The van der Waals surface area contributed by atoms with Crippen molar-refractivity contribution in [1.82, 2.24) is 0 Å². The first-order chi connectivity index (χ1) is 7.15. The van der Waals surface area contributed by atoms with Crippen molar-refractivity contribution in [2.24, 2.45) is 0 Å². The number of aliphatic hydroxyl groups excluding tert-OH is 1. The Bertz CT molecular complexity index is 363. The van der Waals surface area contributed by atoms with Gasteiger partial charge in [0.1, 0.15) is 0 Å². The molecule has 0 amide bonds. The standard InChI is InChI=1S/C12H14O2S/c1-9-5-3-6-10(2)12(9)15-11(14)7-4-8-13/h3-7,13H,8H2,1-2H3/b7-4+. The van der Waals surface area contributed by atoms with E-state index in [9.17, 15) is 4.79 Å². The van der Waals surface area contributed by atoms with Gasteiger partial charge in [-0.15, -0.1) is 0 Å². The van der Waals surface area contributed by atoms with Crippen LogP contribution in [0.25, 0.3) is 0 Å². The molecule has 0 bridgehead atoms. The Balaban J connectivity index is 2.80. The zero-order valence-corrected chi connectivity index (χ0v) is 9.67. The second-order valence-corrected chi connectivity index (χ2v) is 4.24. The quantitative estimate of drug-likeness (QED) is 0.630. The van der Waals surface area contributed by atoms with Gasteiger partial charge in [0.2, 0.25) is 5.12 Å². The van der Waals surface area contributed by atoms with Crippen LogP contribution in [-0.2, 0) is 4.79 Å². The van der Waals surface area contributed by atoms with E-state index in [2.05, 4.69) is 0 Å². The molecule has 3 heteroatoms. The Morgan fingerprint density at radius 3 is 2.53 bits per heavy atom. The summed E-state index contributed by atoms with van der Waals surface area (Å²) in [5.41, 5.74) is 2.21. The Hall–Kier alpha value is -1.06. The van der Waals surface area contributed by atoms with E-state index in [1.165, 1.54) is 23.9 Å². The lowest BCUT2D eigenvalue weighted by molar-refractivity contribution is -0.107. The summed E-state index contributed by atoms with van der Waals surface area (Å²) in [5.74, 6) is 0. The third-order valence-electron chi connectivity index (χ3n) is 1.97. The van der Waals surface area contributed by atoms with Crippen LogP contribution in [-0.4, -0.2) is 16.8 Å². The monoisotopic (exact) mass is 222 g/mol. The molecule has 1 N–H and O–H groups in total. The van der Waals surface area contributed by atoms with Gasteiger partial charge in [-0.1, -0.05) is 24.3 Å². The van der Waals surface area contributed by atoms with Gasteiger partial charge in [-0.05, 0) is 42.8 Å². The molecule has 15 heavy (non-hydrogen) atoms. The average molecular weight is 222 g/mol. The highest BCUT2D eigenvalue weighted by Gasteiger charge is 2.06. The maximum atomic E-state index is 11.4. The highest BCUT2D eigenvalue weighted by Crippen LogP contribution is 2.26. The Kier molecular flexibility index (Phi) is 4.59. The molecule has 0 spiro atoms. The number of carbonyl (C=O) groups excluding carboxylic acids is 1. The van der Waals surface area contributed by atoms with E-state index >= 15 is 0 Å². The van der Waals surface area contributed by atoms with Crippen molar-refractivity contribution in [3.8, 4) is 0 Å². The first-order valence-corrected chi connectivity index (χ1v) is 5.52. The van der Waals surface area contributed by atoms with E-state index in [0.29, 0.717) is 0 Å². The number of carbonyl (C=O) groups is 1. The predicted molar refractivity (Wildman–Crippen MR) is 63.0 cm³/mol. The summed E-state index contributed by atoms with van der Waals surface area (Å²) < 4.78 is 0. The van der Waals surface area contributed by atoms with E-state index in [1.807, 2.05) is 32.0 Å². The topological polar surface area (TPSA) is 37.3 Å². The number of rotatable bonds is 3. The molecular weight excluding hydrogens is 208 g/mol. The fourth-order valence-electron chi connectivity index (χ4n) is 1.24. The maximum Gasteiger partial charge on any atom is 0.216 e. The highest BCUT2D eigenvalue weighted by molar-refractivity contribution is 8.14. The second kappa shape index (κ2) is 5.73. The van der Waals surface area contributed by atoms with Crippen LogP contribution in [0.15, 0.2) is 35.2 Å². The molecule has 2 nitrogen and oxygen atoms in total. The summed E-state index contributed by atoms with van der Waals surface area (Å²) in [6.45, 7) is 3.87. The number of thioether (sulfide) groups is 1. The van der Waals surface area contributed by atoms with Crippen LogP contribution in [0.4, 0.5) is 0 Å². The minimum Gasteiger partial charge on any atom is -0.392 e. The molecule has 0 aliphatic carbocycles. The molecule has 0 saturated heterocycles. The zero-order valence-electron chi connectivity index (χ0n) is 8.86. The summed E-state index contributed by atoms with van der Waals surface area (Å²) in [5, 5.41) is 8.49. The van der Waals surface area contributed by atoms with Crippen molar-refractivity contribution in [3.05, 3.63) is 41.5 Å². The summed E-state index contributed by atoms with van der Waals surface area (Å²) in [4.78, 5) is 12.4. The molecule has 0 fully saturated rings. The number of hydrogen-bond acceptors (Lipinski definition) is 3. The summed E-state index contributed by atoms with van der Waals surface area (Å²) in [6, 6.07) is 5.94. The lowest BCUT2D eigenvalue weighted by atomic mass is 10.2. The molecule has 1 aromatic carbocycles. The van der Waals surface area contributed by atoms with Gasteiger partial charge in [0.15, 0.2) is 0 Å². The predicted octanol–water partition coefficient (Wildman–Crippen LogP) is 2.47. The van der Waals surface area contributed by atoms with Crippen LogP contribution in [0.3, 0.4) is 0 Å². The number of aryl methyl sites for hydroxylation is 2. The lowest BCUT2D eigenvalue weighted by Gasteiger charge is -2.06. The van der Waals surface area contributed by atoms with E-state index < -0.39 is 0 Å². The van der Waals surface area contributed by atoms with Crippen molar-refractivity contribution in [1.29, 1.82) is 0 Å². The molecule has 0 aliphatic rings. The maximum absolute atomic E-state index is 11.4. The number of aliphatic hydroxyl groups is 1. The van der Waals surface area contributed by atoms with Crippen molar-refractivity contribution in [3.63, 3.8) is 0 Å². The minimum atomic E-state index is -0.0982. The highest BCUT2D eigenvalue weighted by atomic mass is 32.2. The normalized spacial score (nSPS) is 10.9. The van der Waals surface area contributed by atoms with Crippen LogP contribution in [0.2, 0.25) is 0 Å². The van der Waals surface area contributed by atoms with Crippen LogP contribution in [0, 0.1) is 13.8 Å². The average Bonchev–Trinajstić information content (AvgIpc) is 2.21. The van der Waals surface area contributed by atoms with Gasteiger partial charge in [0.05, 0.1) is 6.61 Å². The van der Waals surface area contributed by atoms with Gasteiger partial charge >= 0.3 is 0 Å². The number of benzene rings is 1. The first-order valence-electron chi connectivity index (χ1n) is 4.70. The third-order valence-corrected chi connectivity index (χ3v) is 3.16. The minimum absolute atomic E-state index is 0.0542. The van der Waals surface area contributed by atoms with Gasteiger partial charge in [-0.2, -0.15) is 0 Å². The summed E-state index contributed by atoms with van der Waals surface area (Å²) >= 11 is 1.20. The van der Waals surface area contributed by atoms with Gasteiger partial charge in [-0.25, -0.2) is 0 Å². The van der Waals surface area contributed by atoms with E-state index in [4.69, 9.17) is 5.11 Å². The molecule has 0 heterocycles. The SMILES string of the molecule is Cc1cccc(C)c1SC(=O)/C=C/CO. The number of hydrogen-bond donors (Lipinski definition) is 1. The van der Waals surface area contributed by atoms with E-state index in [-0.39, 0.29) is 11.7 Å². The molecule has 0 aromatic heterocycles. The largest absolute Gasteiger partial charge is 0.392 e. The van der Waals surface area contributed by atoms with Crippen LogP contribution >= 0.6 is 11.8 Å². The molecular formula is C12H14O2S. The van der Waals surface area contributed by atoms with Gasteiger partial charge in [0.25, 0.3) is 0 Å². The van der Waals surface area contributed by atoms with Gasteiger partial charge in [-0.3, -0.25) is 4.79 Å². The summed E-state index contributed by atoms with van der Waals surface area (Å²) in [6.07, 6.45) is 2.85. The fourth-order valence-corrected chi connectivity index (χ4v) is 2.07. The van der Waals surface area contributed by atoms with Crippen LogP contribution < -0.4 is 0 Å². The molecule has 0 atom stereocenters. The van der Waals surface area contributed by atoms with Crippen molar-refractivity contribution in [2.45, 2.75) is 18.7 Å². The summed E-state index contributed by atoms with van der Waals surface area (Å²) in [7, 11) is 0. The fraction of sp³-hybridized carbons (Fsp3) is 0.250.